The van der Waals surface area contributed by atoms with Crippen LogP contribution in [0.2, 0.25) is 10.0 Å². The van der Waals surface area contributed by atoms with Crippen LogP contribution in [0.5, 0.6) is 0 Å². The molecule has 2 heterocycles. The van der Waals surface area contributed by atoms with Crippen molar-refractivity contribution in [3.63, 3.8) is 0 Å². The van der Waals surface area contributed by atoms with Crippen molar-refractivity contribution >= 4 is 29.0 Å². The fourth-order valence-electron chi connectivity index (χ4n) is 3.16. The van der Waals surface area contributed by atoms with E-state index >= 15 is 0 Å². The van der Waals surface area contributed by atoms with Crippen molar-refractivity contribution < 1.29 is 4.42 Å². The lowest BCUT2D eigenvalue weighted by Gasteiger charge is -2.10. The highest BCUT2D eigenvalue weighted by Gasteiger charge is 2.22. The van der Waals surface area contributed by atoms with Crippen molar-refractivity contribution in [2.45, 2.75) is 25.3 Å². The van der Waals surface area contributed by atoms with E-state index in [2.05, 4.69) is 32.0 Å². The largest absolute Gasteiger partial charge is 0.422 e. The minimum absolute atomic E-state index is 0.180. The highest BCUT2D eigenvalue weighted by molar-refractivity contribution is 6.43. The zero-order valence-electron chi connectivity index (χ0n) is 14.7. The smallest absolute Gasteiger partial charge is 0.269 e. The highest BCUT2D eigenvalue weighted by atomic mass is 35.5. The molecule has 3 aromatic rings. The van der Waals surface area contributed by atoms with Crippen molar-refractivity contribution in [3.8, 4) is 34.7 Å². The Bertz CT molecular complexity index is 1070. The van der Waals surface area contributed by atoms with Gasteiger partial charge in [0.15, 0.2) is 11.5 Å². The van der Waals surface area contributed by atoms with Crippen LogP contribution in [-0.2, 0) is 0 Å². The zero-order valence-corrected chi connectivity index (χ0v) is 16.2. The molecule has 9 heteroatoms. The van der Waals surface area contributed by atoms with Crippen molar-refractivity contribution in [1.29, 1.82) is 0 Å². The fraction of sp³-hybridized carbons (Fsp3) is 0.263. The Labute approximate surface area is 171 Å². The lowest BCUT2D eigenvalue weighted by molar-refractivity contribution is 0.566. The summed E-state index contributed by atoms with van der Waals surface area (Å²) in [6.45, 7) is 0. The van der Waals surface area contributed by atoms with Gasteiger partial charge in [-0.2, -0.15) is 0 Å². The summed E-state index contributed by atoms with van der Waals surface area (Å²) < 4.78 is 5.32. The number of nitrogens with zero attached hydrogens (tertiary/aromatic N) is 4. The van der Waals surface area contributed by atoms with Crippen molar-refractivity contribution in [2.75, 3.05) is 5.73 Å². The number of rotatable bonds is 2. The van der Waals surface area contributed by atoms with Crippen LogP contribution in [0.1, 0.15) is 25.0 Å². The molecule has 2 atom stereocenters. The summed E-state index contributed by atoms with van der Waals surface area (Å²) in [6, 6.07) is 5.39. The summed E-state index contributed by atoms with van der Waals surface area (Å²) >= 11 is 12.5. The number of hydrogen-bond acceptors (Lipinski definition) is 7. The van der Waals surface area contributed by atoms with Gasteiger partial charge in [-0.25, -0.2) is 9.97 Å². The summed E-state index contributed by atoms with van der Waals surface area (Å²) in [5.41, 5.74) is 13.8. The number of benzene rings is 1. The summed E-state index contributed by atoms with van der Waals surface area (Å²) in [6.07, 6.45) is 4.01. The van der Waals surface area contributed by atoms with E-state index in [4.69, 9.17) is 39.1 Å². The van der Waals surface area contributed by atoms with Gasteiger partial charge in [-0.05, 0) is 31.2 Å². The monoisotopic (exact) mass is 414 g/mol. The molecule has 4 N–H and O–H groups in total. The number of halogens is 2. The van der Waals surface area contributed by atoms with E-state index in [0.717, 1.165) is 19.3 Å². The molecule has 0 radical (unpaired) electrons. The third-order valence-electron chi connectivity index (χ3n) is 4.56. The van der Waals surface area contributed by atoms with Gasteiger partial charge in [0.2, 0.25) is 6.39 Å². The highest BCUT2D eigenvalue weighted by Crippen LogP contribution is 2.36. The first-order valence-corrected chi connectivity index (χ1v) is 9.44. The molecular weight excluding hydrogens is 399 g/mol. The fourth-order valence-corrected chi connectivity index (χ4v) is 3.55. The average molecular weight is 415 g/mol. The van der Waals surface area contributed by atoms with E-state index in [0.29, 0.717) is 32.7 Å². The van der Waals surface area contributed by atoms with E-state index < -0.39 is 0 Å². The molecular formula is C19H16Cl2N6O. The van der Waals surface area contributed by atoms with Crippen LogP contribution in [0.15, 0.2) is 29.0 Å². The number of anilines is 1. The molecule has 2 aromatic heterocycles. The predicted octanol–water partition coefficient (Wildman–Crippen LogP) is 3.56. The Balaban J connectivity index is 1.83. The van der Waals surface area contributed by atoms with Gasteiger partial charge >= 0.3 is 0 Å². The summed E-state index contributed by atoms with van der Waals surface area (Å²) in [7, 11) is 0. The minimum Gasteiger partial charge on any atom is -0.422 e. The van der Waals surface area contributed by atoms with Gasteiger partial charge in [-0.15, -0.1) is 10.2 Å². The van der Waals surface area contributed by atoms with Crippen LogP contribution >= 0.6 is 23.2 Å². The number of aromatic nitrogens is 4. The van der Waals surface area contributed by atoms with Crippen LogP contribution in [0, 0.1) is 17.8 Å². The van der Waals surface area contributed by atoms with Gasteiger partial charge in [0.1, 0.15) is 11.4 Å². The molecule has 1 aromatic carbocycles. The van der Waals surface area contributed by atoms with Gasteiger partial charge in [0, 0.05) is 17.5 Å². The molecule has 0 amide bonds. The van der Waals surface area contributed by atoms with Gasteiger partial charge < -0.3 is 15.9 Å². The SMILES string of the molecule is Nc1nc(C#CC2CC[C@@H](N)C2)c(-c2nnco2)nc1-c1cccc(Cl)c1Cl. The van der Waals surface area contributed by atoms with Gasteiger partial charge in [-0.1, -0.05) is 41.3 Å². The molecule has 0 spiro atoms. The first-order chi connectivity index (χ1) is 13.5. The second kappa shape index (κ2) is 7.76. The van der Waals surface area contributed by atoms with Crippen LogP contribution in [0.4, 0.5) is 5.82 Å². The molecule has 0 aliphatic heterocycles. The predicted molar refractivity (Wildman–Crippen MR) is 107 cm³/mol. The van der Waals surface area contributed by atoms with E-state index in [-0.39, 0.29) is 23.7 Å². The molecule has 28 heavy (non-hydrogen) atoms. The number of nitrogens with two attached hydrogens (primary N) is 2. The summed E-state index contributed by atoms with van der Waals surface area (Å²) in [5.74, 6) is 6.87. The molecule has 1 saturated carbocycles. The second-order valence-corrected chi connectivity index (χ2v) is 7.32. The molecule has 1 fully saturated rings. The molecule has 1 aliphatic rings. The quantitative estimate of drug-likeness (QED) is 0.615. The van der Waals surface area contributed by atoms with E-state index in [1.165, 1.54) is 6.39 Å². The van der Waals surface area contributed by atoms with Gasteiger partial charge in [-0.3, -0.25) is 0 Å². The van der Waals surface area contributed by atoms with E-state index in [9.17, 15) is 0 Å². The topological polar surface area (TPSA) is 117 Å². The summed E-state index contributed by atoms with van der Waals surface area (Å²) in [4.78, 5) is 9.03. The average Bonchev–Trinajstić information content (AvgIpc) is 3.34. The van der Waals surface area contributed by atoms with Crippen molar-refractivity contribution in [2.24, 2.45) is 11.7 Å². The minimum atomic E-state index is 0.180. The Morgan fingerprint density at radius 2 is 2.00 bits per heavy atom. The molecule has 4 rings (SSSR count). The molecule has 142 valence electrons. The molecule has 0 saturated heterocycles. The van der Waals surface area contributed by atoms with Crippen molar-refractivity contribution in [1.82, 2.24) is 20.2 Å². The molecule has 7 nitrogen and oxygen atoms in total. The van der Waals surface area contributed by atoms with Crippen LogP contribution < -0.4 is 11.5 Å². The molecule has 1 aliphatic carbocycles. The van der Waals surface area contributed by atoms with Crippen LogP contribution in [0.3, 0.4) is 0 Å². The number of nitrogen functional groups attached to an aromatic ring is 1. The van der Waals surface area contributed by atoms with E-state index in [1.54, 1.807) is 18.2 Å². The maximum Gasteiger partial charge on any atom is 0.269 e. The normalized spacial score (nSPS) is 18.7. The summed E-state index contributed by atoms with van der Waals surface area (Å²) in [5, 5.41) is 8.38. The maximum atomic E-state index is 6.33. The Morgan fingerprint density at radius 3 is 2.71 bits per heavy atom. The third kappa shape index (κ3) is 3.67. The third-order valence-corrected chi connectivity index (χ3v) is 5.38. The second-order valence-electron chi connectivity index (χ2n) is 6.54. The van der Waals surface area contributed by atoms with Gasteiger partial charge in [0.05, 0.1) is 10.0 Å². The Hall–Kier alpha value is -2.66. The first-order valence-electron chi connectivity index (χ1n) is 8.68. The van der Waals surface area contributed by atoms with Gasteiger partial charge in [0.25, 0.3) is 5.89 Å². The first kappa shape index (κ1) is 18.7. The van der Waals surface area contributed by atoms with Crippen LogP contribution in [0.25, 0.3) is 22.8 Å². The lowest BCUT2D eigenvalue weighted by atomic mass is 10.1. The van der Waals surface area contributed by atoms with Crippen LogP contribution in [-0.4, -0.2) is 26.2 Å². The van der Waals surface area contributed by atoms with Crippen molar-refractivity contribution in [3.05, 3.63) is 40.3 Å². The lowest BCUT2D eigenvalue weighted by Crippen LogP contribution is -2.14. The Kier molecular flexibility index (Phi) is 5.18. The zero-order chi connectivity index (χ0) is 19.7. The van der Waals surface area contributed by atoms with E-state index in [1.807, 2.05) is 0 Å². The standard InChI is InChI=1S/C19H16Cl2N6O/c20-13-3-1-2-12(15(13)21)16-18(23)25-14(7-5-10-4-6-11(22)8-10)17(26-16)19-27-24-9-28-19/h1-3,9-11H,4,6,8,22H2,(H2,23,25)/t10?,11-/m1/s1. The number of hydrogen-bond donors (Lipinski definition) is 2. The Morgan fingerprint density at radius 1 is 1.14 bits per heavy atom. The maximum absolute atomic E-state index is 6.33. The molecule has 1 unspecified atom stereocenters. The molecule has 0 bridgehead atoms.